The maximum atomic E-state index is 11.1. The Kier molecular flexibility index (Phi) is 3.52. The Morgan fingerprint density at radius 1 is 1.33 bits per heavy atom. The number of morpholine rings is 1. The number of anilines is 1. The molecule has 1 saturated heterocycles. The van der Waals surface area contributed by atoms with E-state index >= 15 is 0 Å². The minimum atomic E-state index is -0.312. The topological polar surface area (TPSA) is 55.6 Å². The van der Waals surface area contributed by atoms with Crippen LogP contribution in [0.5, 0.6) is 0 Å². The van der Waals surface area contributed by atoms with Gasteiger partial charge in [0.15, 0.2) is 0 Å². The molecule has 0 bridgehead atoms. The van der Waals surface area contributed by atoms with Gasteiger partial charge in [0.05, 0.1) is 17.1 Å². The monoisotopic (exact) mass is 250 g/mol. The van der Waals surface area contributed by atoms with Crippen LogP contribution >= 0.6 is 0 Å². The Morgan fingerprint density at radius 3 is 2.50 bits per heavy atom. The van der Waals surface area contributed by atoms with E-state index in [1.807, 2.05) is 37.8 Å². The van der Waals surface area contributed by atoms with Crippen molar-refractivity contribution in [1.29, 1.82) is 0 Å². The fourth-order valence-electron chi connectivity index (χ4n) is 2.42. The maximum absolute atomic E-state index is 11.1. The van der Waals surface area contributed by atoms with Gasteiger partial charge in [-0.3, -0.25) is 10.1 Å². The first-order chi connectivity index (χ1) is 8.47. The van der Waals surface area contributed by atoms with Crippen LogP contribution in [0.2, 0.25) is 0 Å². The summed E-state index contributed by atoms with van der Waals surface area (Å²) in [5, 5.41) is 11.1. The van der Waals surface area contributed by atoms with E-state index in [2.05, 4.69) is 0 Å². The Labute approximate surface area is 107 Å². The number of nitro benzene ring substituents is 1. The zero-order valence-corrected chi connectivity index (χ0v) is 10.9. The summed E-state index contributed by atoms with van der Waals surface area (Å²) in [4.78, 5) is 12.9. The van der Waals surface area contributed by atoms with E-state index in [0.29, 0.717) is 18.8 Å². The van der Waals surface area contributed by atoms with Crippen molar-refractivity contribution in [1.82, 2.24) is 0 Å². The van der Waals surface area contributed by atoms with Crippen LogP contribution in [0.3, 0.4) is 0 Å². The van der Waals surface area contributed by atoms with E-state index < -0.39 is 0 Å². The predicted molar refractivity (Wildman–Crippen MR) is 70.1 cm³/mol. The number of benzene rings is 1. The lowest BCUT2D eigenvalue weighted by Crippen LogP contribution is -2.45. The van der Waals surface area contributed by atoms with Gasteiger partial charge in [0.2, 0.25) is 0 Å². The largest absolute Gasteiger partial charge is 0.372 e. The van der Waals surface area contributed by atoms with Crippen molar-refractivity contribution in [3.63, 3.8) is 0 Å². The summed E-state index contributed by atoms with van der Waals surface area (Å²) in [6.45, 7) is 7.22. The maximum Gasteiger partial charge on any atom is 0.292 e. The number of ether oxygens (including phenoxy) is 1. The highest BCUT2D eigenvalue weighted by molar-refractivity contribution is 5.64. The van der Waals surface area contributed by atoms with Crippen LogP contribution in [0.1, 0.15) is 19.4 Å². The van der Waals surface area contributed by atoms with Gasteiger partial charge in [-0.25, -0.2) is 0 Å². The molecular formula is C13H18N2O3. The molecule has 2 atom stereocenters. The fraction of sp³-hybridized carbons (Fsp3) is 0.538. The van der Waals surface area contributed by atoms with Crippen molar-refractivity contribution in [2.24, 2.45) is 0 Å². The van der Waals surface area contributed by atoms with Crippen molar-refractivity contribution in [2.45, 2.75) is 33.0 Å². The molecule has 0 saturated carbocycles. The first-order valence-corrected chi connectivity index (χ1v) is 6.13. The van der Waals surface area contributed by atoms with Gasteiger partial charge in [-0.2, -0.15) is 0 Å². The van der Waals surface area contributed by atoms with Gasteiger partial charge in [-0.15, -0.1) is 0 Å². The molecule has 1 heterocycles. The number of nitrogens with zero attached hydrogens (tertiary/aromatic N) is 2. The molecule has 0 amide bonds. The molecule has 5 heteroatoms. The molecule has 2 rings (SSSR count). The van der Waals surface area contributed by atoms with Gasteiger partial charge in [0, 0.05) is 19.2 Å². The molecule has 98 valence electrons. The van der Waals surface area contributed by atoms with Crippen LogP contribution in [0, 0.1) is 17.0 Å². The van der Waals surface area contributed by atoms with Gasteiger partial charge in [0.25, 0.3) is 5.69 Å². The van der Waals surface area contributed by atoms with Crippen LogP contribution in [0.25, 0.3) is 0 Å². The first-order valence-electron chi connectivity index (χ1n) is 6.13. The number of aryl methyl sites for hydroxylation is 1. The zero-order chi connectivity index (χ0) is 13.3. The van der Waals surface area contributed by atoms with E-state index in [1.165, 1.54) is 0 Å². The molecule has 1 aromatic carbocycles. The summed E-state index contributed by atoms with van der Waals surface area (Å²) in [6.07, 6.45) is 0.185. The average molecular weight is 250 g/mol. The van der Waals surface area contributed by atoms with Crippen LogP contribution in [-0.4, -0.2) is 30.2 Å². The first kappa shape index (κ1) is 12.8. The smallest absolute Gasteiger partial charge is 0.292 e. The van der Waals surface area contributed by atoms with Gasteiger partial charge in [-0.05, 0) is 32.4 Å². The second-order valence-corrected chi connectivity index (χ2v) is 4.91. The molecule has 0 radical (unpaired) electrons. The van der Waals surface area contributed by atoms with Gasteiger partial charge < -0.3 is 9.64 Å². The highest BCUT2D eigenvalue weighted by atomic mass is 16.6. The highest BCUT2D eigenvalue weighted by Gasteiger charge is 2.27. The van der Waals surface area contributed by atoms with Crippen molar-refractivity contribution in [3.8, 4) is 0 Å². The van der Waals surface area contributed by atoms with Crippen LogP contribution < -0.4 is 4.90 Å². The van der Waals surface area contributed by atoms with Crippen molar-refractivity contribution >= 4 is 11.4 Å². The van der Waals surface area contributed by atoms with E-state index in [1.54, 1.807) is 6.07 Å². The third-order valence-electron chi connectivity index (χ3n) is 3.09. The quantitative estimate of drug-likeness (QED) is 0.598. The molecule has 0 spiro atoms. The van der Waals surface area contributed by atoms with E-state index in [9.17, 15) is 10.1 Å². The number of hydrogen-bond donors (Lipinski definition) is 0. The van der Waals surface area contributed by atoms with Gasteiger partial charge in [0.1, 0.15) is 5.69 Å². The van der Waals surface area contributed by atoms with E-state index in [4.69, 9.17) is 4.74 Å². The minimum Gasteiger partial charge on any atom is -0.372 e. The molecule has 1 fully saturated rings. The second kappa shape index (κ2) is 4.94. The Bertz CT molecular complexity index is 452. The fourth-order valence-corrected chi connectivity index (χ4v) is 2.42. The standard InChI is InChI=1S/C13H18N2O3/c1-9-4-5-12(13(6-9)15(16)17)14-7-10(2)18-11(3)8-14/h4-6,10-11H,7-8H2,1-3H3. The number of rotatable bonds is 2. The molecule has 1 aliphatic rings. The highest BCUT2D eigenvalue weighted by Crippen LogP contribution is 2.31. The summed E-state index contributed by atoms with van der Waals surface area (Å²) in [5.74, 6) is 0. The molecule has 18 heavy (non-hydrogen) atoms. The second-order valence-electron chi connectivity index (χ2n) is 4.91. The summed E-state index contributed by atoms with van der Waals surface area (Å²) in [5.41, 5.74) is 1.77. The van der Waals surface area contributed by atoms with Crippen molar-refractivity contribution in [3.05, 3.63) is 33.9 Å². The molecule has 5 nitrogen and oxygen atoms in total. The van der Waals surface area contributed by atoms with Gasteiger partial charge >= 0.3 is 0 Å². The predicted octanol–water partition coefficient (Wildman–Crippen LogP) is 2.52. The Morgan fingerprint density at radius 2 is 1.94 bits per heavy atom. The van der Waals surface area contributed by atoms with Crippen molar-refractivity contribution in [2.75, 3.05) is 18.0 Å². The normalized spacial score (nSPS) is 24.1. The Balaban J connectivity index is 2.35. The van der Waals surface area contributed by atoms with Crippen LogP contribution in [0.15, 0.2) is 18.2 Å². The third-order valence-corrected chi connectivity index (χ3v) is 3.09. The van der Waals surface area contributed by atoms with Crippen molar-refractivity contribution < 1.29 is 9.66 Å². The lowest BCUT2D eigenvalue weighted by atomic mass is 10.1. The third kappa shape index (κ3) is 2.61. The summed E-state index contributed by atoms with van der Waals surface area (Å²) >= 11 is 0. The van der Waals surface area contributed by atoms with Gasteiger partial charge in [-0.1, -0.05) is 6.07 Å². The molecule has 0 N–H and O–H groups in total. The summed E-state index contributed by atoms with van der Waals surface area (Å²) in [7, 11) is 0. The average Bonchev–Trinajstić information content (AvgIpc) is 2.27. The molecule has 0 aliphatic carbocycles. The number of hydrogen-bond acceptors (Lipinski definition) is 4. The summed E-state index contributed by atoms with van der Waals surface area (Å²) < 4.78 is 5.65. The molecular weight excluding hydrogens is 232 g/mol. The molecule has 2 unspecified atom stereocenters. The van der Waals surface area contributed by atoms with Crippen LogP contribution in [0.4, 0.5) is 11.4 Å². The minimum absolute atomic E-state index is 0.0923. The molecule has 0 aromatic heterocycles. The Hall–Kier alpha value is -1.62. The zero-order valence-electron chi connectivity index (χ0n) is 10.9. The summed E-state index contributed by atoms with van der Waals surface area (Å²) in [6, 6.07) is 5.37. The number of nitro groups is 1. The lowest BCUT2D eigenvalue weighted by Gasteiger charge is -2.36. The molecule has 1 aromatic rings. The lowest BCUT2D eigenvalue weighted by molar-refractivity contribution is -0.384. The van der Waals surface area contributed by atoms with E-state index in [-0.39, 0.29) is 22.8 Å². The van der Waals surface area contributed by atoms with Crippen LogP contribution in [-0.2, 0) is 4.74 Å². The van der Waals surface area contributed by atoms with E-state index in [0.717, 1.165) is 5.56 Å². The molecule has 1 aliphatic heterocycles. The SMILES string of the molecule is Cc1ccc(N2CC(C)OC(C)C2)c([N+](=O)[O-])c1.